The van der Waals surface area contributed by atoms with Crippen LogP contribution in [-0.4, -0.2) is 6.04 Å². The number of anilines is 1. The van der Waals surface area contributed by atoms with E-state index in [4.69, 9.17) is 0 Å². The third-order valence-corrected chi connectivity index (χ3v) is 2.63. The van der Waals surface area contributed by atoms with Gasteiger partial charge in [0.25, 0.3) is 0 Å². The van der Waals surface area contributed by atoms with E-state index in [2.05, 4.69) is 5.32 Å². The average molecular weight is 249 g/mol. The van der Waals surface area contributed by atoms with Crippen LogP contribution in [0.25, 0.3) is 0 Å². The molecule has 0 heterocycles. The molecule has 0 bridgehead atoms. The molecule has 0 aliphatic heterocycles. The predicted molar refractivity (Wildman–Crippen MR) is 59.4 cm³/mol. The third-order valence-electron chi connectivity index (χ3n) is 2.63. The summed E-state index contributed by atoms with van der Waals surface area (Å²) in [7, 11) is 0. The zero-order chi connectivity index (χ0) is 13.1. The number of nitrogens with one attached hydrogen (secondary N) is 1. The van der Waals surface area contributed by atoms with Gasteiger partial charge in [0.15, 0.2) is 0 Å². The van der Waals surface area contributed by atoms with Gasteiger partial charge in [-0.25, -0.2) is 4.39 Å². The topological polar surface area (TPSA) is 12.0 Å². The molecule has 0 atom stereocenters. The third kappa shape index (κ3) is 3.61. The Morgan fingerprint density at radius 1 is 1.18 bits per heavy atom. The van der Waals surface area contributed by atoms with Gasteiger partial charge in [-0.15, -0.1) is 0 Å². The highest BCUT2D eigenvalue weighted by Gasteiger charge is 2.34. The summed E-state index contributed by atoms with van der Waals surface area (Å²) in [5, 5.41) is 2.95. The van der Waals surface area contributed by atoms with Gasteiger partial charge in [0.05, 0.1) is 5.56 Å². The molecule has 1 aromatic carbocycles. The molecule has 0 amide bonds. The van der Waals surface area contributed by atoms with E-state index in [9.17, 15) is 17.6 Å². The Labute approximate surface area is 97.8 Å². The Balaban J connectivity index is 2.97. The van der Waals surface area contributed by atoms with Gasteiger partial charge >= 0.3 is 6.18 Å². The first-order valence-electron chi connectivity index (χ1n) is 5.51. The van der Waals surface area contributed by atoms with Gasteiger partial charge in [-0.1, -0.05) is 13.8 Å². The molecule has 1 N–H and O–H groups in total. The lowest BCUT2D eigenvalue weighted by Gasteiger charge is -2.17. The molecule has 1 rings (SSSR count). The summed E-state index contributed by atoms with van der Waals surface area (Å²) in [6.45, 7) is 3.88. The number of hydrogen-bond acceptors (Lipinski definition) is 1. The van der Waals surface area contributed by atoms with Crippen molar-refractivity contribution in [1.29, 1.82) is 0 Å². The molecular weight excluding hydrogens is 234 g/mol. The fraction of sp³-hybridized carbons (Fsp3) is 0.500. The van der Waals surface area contributed by atoms with Crippen LogP contribution in [0, 0.1) is 5.82 Å². The summed E-state index contributed by atoms with van der Waals surface area (Å²) in [6.07, 6.45) is -3.06. The Morgan fingerprint density at radius 3 is 2.24 bits per heavy atom. The monoisotopic (exact) mass is 249 g/mol. The minimum atomic E-state index is -4.66. The molecule has 0 unspecified atom stereocenters. The maximum Gasteiger partial charge on any atom is 0.419 e. The van der Waals surface area contributed by atoms with Crippen LogP contribution >= 0.6 is 0 Å². The van der Waals surface area contributed by atoms with E-state index in [1.807, 2.05) is 13.8 Å². The van der Waals surface area contributed by atoms with Crippen molar-refractivity contribution >= 4 is 5.69 Å². The first-order chi connectivity index (χ1) is 7.88. The van der Waals surface area contributed by atoms with Crippen LogP contribution in [0.5, 0.6) is 0 Å². The lowest BCUT2D eigenvalue weighted by Crippen LogP contribution is -2.18. The van der Waals surface area contributed by atoms with E-state index in [0.717, 1.165) is 25.0 Å². The first kappa shape index (κ1) is 13.8. The van der Waals surface area contributed by atoms with Gasteiger partial charge in [0.1, 0.15) is 5.82 Å². The first-order valence-corrected chi connectivity index (χ1v) is 5.51. The smallest absolute Gasteiger partial charge is 0.382 e. The minimum absolute atomic E-state index is 0.0987. The average Bonchev–Trinajstić information content (AvgIpc) is 2.26. The van der Waals surface area contributed by atoms with E-state index >= 15 is 0 Å². The van der Waals surface area contributed by atoms with Gasteiger partial charge in [-0.2, -0.15) is 13.2 Å². The molecule has 0 radical (unpaired) electrons. The fourth-order valence-electron chi connectivity index (χ4n) is 1.56. The van der Waals surface area contributed by atoms with Crippen LogP contribution in [0.15, 0.2) is 18.2 Å². The van der Waals surface area contributed by atoms with E-state index in [0.29, 0.717) is 5.69 Å². The van der Waals surface area contributed by atoms with E-state index < -0.39 is 17.6 Å². The highest BCUT2D eigenvalue weighted by molar-refractivity contribution is 5.47. The molecule has 0 aliphatic rings. The normalized spacial score (nSPS) is 11.9. The molecule has 0 aromatic heterocycles. The summed E-state index contributed by atoms with van der Waals surface area (Å²) < 4.78 is 50.4. The number of benzene rings is 1. The Morgan fingerprint density at radius 2 is 1.76 bits per heavy atom. The van der Waals surface area contributed by atoms with Gasteiger partial charge in [0.2, 0.25) is 0 Å². The van der Waals surface area contributed by atoms with Crippen molar-refractivity contribution in [3.8, 4) is 0 Å². The molecule has 0 fully saturated rings. The van der Waals surface area contributed by atoms with Crippen LogP contribution in [0.3, 0.4) is 0 Å². The van der Waals surface area contributed by atoms with Crippen molar-refractivity contribution in [2.45, 2.75) is 38.9 Å². The van der Waals surface area contributed by atoms with E-state index in [-0.39, 0.29) is 6.04 Å². The minimum Gasteiger partial charge on any atom is -0.382 e. The zero-order valence-corrected chi connectivity index (χ0v) is 9.74. The van der Waals surface area contributed by atoms with E-state index in [1.165, 1.54) is 6.07 Å². The van der Waals surface area contributed by atoms with Crippen molar-refractivity contribution in [3.05, 3.63) is 29.6 Å². The zero-order valence-electron chi connectivity index (χ0n) is 9.74. The Hall–Kier alpha value is -1.26. The van der Waals surface area contributed by atoms with Crippen molar-refractivity contribution in [1.82, 2.24) is 0 Å². The summed E-state index contributed by atoms with van der Waals surface area (Å²) in [4.78, 5) is 0. The van der Waals surface area contributed by atoms with Crippen molar-refractivity contribution in [2.24, 2.45) is 0 Å². The van der Waals surface area contributed by atoms with Crippen molar-refractivity contribution in [3.63, 3.8) is 0 Å². The second-order valence-corrected chi connectivity index (χ2v) is 3.85. The molecule has 17 heavy (non-hydrogen) atoms. The molecule has 0 aliphatic carbocycles. The van der Waals surface area contributed by atoms with Crippen LogP contribution in [0.4, 0.5) is 23.2 Å². The quantitative estimate of drug-likeness (QED) is 0.777. The van der Waals surface area contributed by atoms with Gasteiger partial charge in [-0.3, -0.25) is 0 Å². The number of hydrogen-bond donors (Lipinski definition) is 1. The lowest BCUT2D eigenvalue weighted by molar-refractivity contribution is -0.139. The molecule has 0 saturated carbocycles. The maximum atomic E-state index is 13.0. The molecule has 1 aromatic rings. The van der Waals surface area contributed by atoms with Crippen LogP contribution in [0.2, 0.25) is 0 Å². The van der Waals surface area contributed by atoms with Gasteiger partial charge in [0, 0.05) is 11.7 Å². The number of alkyl halides is 3. The predicted octanol–water partition coefficient (Wildman–Crippen LogP) is 4.45. The maximum absolute atomic E-state index is 13.0. The van der Waals surface area contributed by atoms with Crippen LogP contribution in [0.1, 0.15) is 32.3 Å². The molecule has 5 heteroatoms. The molecule has 1 nitrogen and oxygen atoms in total. The van der Waals surface area contributed by atoms with Crippen LogP contribution < -0.4 is 5.32 Å². The van der Waals surface area contributed by atoms with Gasteiger partial charge < -0.3 is 5.32 Å². The highest BCUT2D eigenvalue weighted by Crippen LogP contribution is 2.33. The van der Waals surface area contributed by atoms with Crippen molar-refractivity contribution < 1.29 is 17.6 Å². The van der Waals surface area contributed by atoms with Crippen LogP contribution in [-0.2, 0) is 6.18 Å². The highest BCUT2D eigenvalue weighted by atomic mass is 19.4. The molecule has 0 saturated heterocycles. The summed E-state index contributed by atoms with van der Waals surface area (Å²) in [5.41, 5.74) is -0.930. The summed E-state index contributed by atoms with van der Waals surface area (Å²) >= 11 is 0. The second kappa shape index (κ2) is 5.38. The summed E-state index contributed by atoms with van der Waals surface area (Å²) in [5.74, 6) is -1.24. The summed E-state index contributed by atoms with van der Waals surface area (Å²) in [6, 6.07) is 3.07. The second-order valence-electron chi connectivity index (χ2n) is 3.85. The van der Waals surface area contributed by atoms with E-state index in [1.54, 1.807) is 0 Å². The molecule has 0 spiro atoms. The largest absolute Gasteiger partial charge is 0.419 e. The van der Waals surface area contributed by atoms with Gasteiger partial charge in [-0.05, 0) is 31.0 Å². The SMILES string of the molecule is CCC(CC)Nc1ccc(F)c(C(F)(F)F)c1. The number of halogens is 4. The Kier molecular flexibility index (Phi) is 4.37. The Bertz CT molecular complexity index is 369. The standard InChI is InChI=1S/C12H15F4N/c1-3-8(4-2)17-9-5-6-11(13)10(7-9)12(14,15)16/h5-8,17H,3-4H2,1-2H3. The number of rotatable bonds is 4. The molecular formula is C12H15F4N. The fourth-order valence-corrected chi connectivity index (χ4v) is 1.56. The molecule has 96 valence electrons. The van der Waals surface area contributed by atoms with Crippen molar-refractivity contribution in [2.75, 3.05) is 5.32 Å². The lowest BCUT2D eigenvalue weighted by atomic mass is 10.1.